The lowest BCUT2D eigenvalue weighted by molar-refractivity contribution is -0.0194. The minimum Gasteiger partial charge on any atom is -0.329 e. The van der Waals surface area contributed by atoms with Crippen molar-refractivity contribution in [1.29, 1.82) is 0 Å². The molecule has 1 heterocycles. The van der Waals surface area contributed by atoms with Gasteiger partial charge in [0.2, 0.25) is 0 Å². The van der Waals surface area contributed by atoms with E-state index in [-0.39, 0.29) is 5.54 Å². The van der Waals surface area contributed by atoms with E-state index in [1.165, 1.54) is 19.4 Å². The van der Waals surface area contributed by atoms with Crippen LogP contribution in [-0.2, 0) is 0 Å². The highest BCUT2D eigenvalue weighted by Crippen LogP contribution is 2.33. The van der Waals surface area contributed by atoms with Gasteiger partial charge in [0, 0.05) is 37.8 Å². The molecule has 1 aliphatic heterocycles. The molecule has 0 aliphatic carbocycles. The van der Waals surface area contributed by atoms with Crippen LogP contribution in [0.2, 0.25) is 0 Å². The van der Waals surface area contributed by atoms with E-state index >= 15 is 0 Å². The van der Waals surface area contributed by atoms with Gasteiger partial charge in [-0.2, -0.15) is 0 Å². The standard InChI is InChI=1S/C16H35N3/c1-13(2)9-16(12-17,10-14(3)4)19-8-7-18(6)11-15(19)5/h13-15H,7-12,17H2,1-6H3. The zero-order valence-electron chi connectivity index (χ0n) is 13.9. The maximum atomic E-state index is 6.28. The molecule has 2 N–H and O–H groups in total. The lowest BCUT2D eigenvalue weighted by atomic mass is 9.79. The molecule has 3 nitrogen and oxygen atoms in total. The Hall–Kier alpha value is -0.120. The van der Waals surface area contributed by atoms with Gasteiger partial charge in [0.05, 0.1) is 0 Å². The number of rotatable bonds is 6. The SMILES string of the molecule is CC(C)CC(CN)(CC(C)C)N1CCN(C)CC1C. The van der Waals surface area contributed by atoms with Gasteiger partial charge in [-0.1, -0.05) is 27.7 Å². The quantitative estimate of drug-likeness (QED) is 0.804. The van der Waals surface area contributed by atoms with Crippen molar-refractivity contribution in [2.75, 3.05) is 33.2 Å². The molecule has 3 heteroatoms. The fourth-order valence-electron chi connectivity index (χ4n) is 3.97. The van der Waals surface area contributed by atoms with Gasteiger partial charge in [-0.15, -0.1) is 0 Å². The molecule has 19 heavy (non-hydrogen) atoms. The minimum absolute atomic E-state index is 0.197. The topological polar surface area (TPSA) is 32.5 Å². The van der Waals surface area contributed by atoms with E-state index in [9.17, 15) is 0 Å². The van der Waals surface area contributed by atoms with Crippen molar-refractivity contribution in [2.45, 2.75) is 59.0 Å². The molecule has 0 aromatic heterocycles. The molecule has 0 saturated carbocycles. The Morgan fingerprint density at radius 3 is 2.00 bits per heavy atom. The van der Waals surface area contributed by atoms with Gasteiger partial charge >= 0.3 is 0 Å². The molecule has 1 unspecified atom stereocenters. The third-order valence-electron chi connectivity index (χ3n) is 4.40. The van der Waals surface area contributed by atoms with E-state index in [2.05, 4.69) is 51.5 Å². The molecular weight excluding hydrogens is 234 g/mol. The van der Waals surface area contributed by atoms with E-state index in [1.807, 2.05) is 0 Å². The van der Waals surface area contributed by atoms with Crippen LogP contribution in [0.3, 0.4) is 0 Å². The maximum Gasteiger partial charge on any atom is 0.0340 e. The third kappa shape index (κ3) is 4.44. The van der Waals surface area contributed by atoms with Crippen LogP contribution < -0.4 is 5.73 Å². The first-order chi connectivity index (χ1) is 8.80. The summed E-state index contributed by atoms with van der Waals surface area (Å²) in [4.78, 5) is 5.15. The van der Waals surface area contributed by atoms with Gasteiger partial charge in [-0.25, -0.2) is 0 Å². The summed E-state index contributed by atoms with van der Waals surface area (Å²) in [5.41, 5.74) is 6.47. The summed E-state index contributed by atoms with van der Waals surface area (Å²) in [6, 6.07) is 0.611. The largest absolute Gasteiger partial charge is 0.329 e. The van der Waals surface area contributed by atoms with E-state index in [1.54, 1.807) is 0 Å². The van der Waals surface area contributed by atoms with Crippen LogP contribution in [0.1, 0.15) is 47.5 Å². The van der Waals surface area contributed by atoms with Crippen LogP contribution in [-0.4, -0.2) is 54.6 Å². The number of piperazine rings is 1. The van der Waals surface area contributed by atoms with Crippen molar-refractivity contribution in [3.05, 3.63) is 0 Å². The summed E-state index contributed by atoms with van der Waals surface area (Å²) in [6.07, 6.45) is 2.44. The first kappa shape index (κ1) is 16.9. The van der Waals surface area contributed by atoms with Gasteiger partial charge in [-0.3, -0.25) is 4.90 Å². The number of nitrogens with zero attached hydrogens (tertiary/aromatic N) is 2. The lowest BCUT2D eigenvalue weighted by Crippen LogP contribution is -2.64. The molecule has 0 amide bonds. The van der Waals surface area contributed by atoms with Gasteiger partial charge < -0.3 is 10.6 Å². The fourth-order valence-corrected chi connectivity index (χ4v) is 3.97. The second-order valence-corrected chi connectivity index (χ2v) is 7.43. The van der Waals surface area contributed by atoms with Crippen molar-refractivity contribution in [1.82, 2.24) is 9.80 Å². The van der Waals surface area contributed by atoms with E-state index in [4.69, 9.17) is 5.73 Å². The zero-order valence-corrected chi connectivity index (χ0v) is 13.9. The van der Waals surface area contributed by atoms with Crippen LogP contribution in [0.4, 0.5) is 0 Å². The molecule has 0 radical (unpaired) electrons. The van der Waals surface area contributed by atoms with Gasteiger partial charge in [-0.05, 0) is 38.6 Å². The van der Waals surface area contributed by atoms with E-state index < -0.39 is 0 Å². The average molecular weight is 269 g/mol. The monoisotopic (exact) mass is 269 g/mol. The van der Waals surface area contributed by atoms with Crippen molar-refractivity contribution < 1.29 is 0 Å². The highest BCUT2D eigenvalue weighted by Gasteiger charge is 2.40. The molecule has 114 valence electrons. The van der Waals surface area contributed by atoms with Crippen LogP contribution in [0.5, 0.6) is 0 Å². The second-order valence-electron chi connectivity index (χ2n) is 7.43. The molecule has 1 rings (SSSR count). The normalized spacial score (nSPS) is 23.5. The van der Waals surface area contributed by atoms with Gasteiger partial charge in [0.1, 0.15) is 0 Å². The molecule has 1 saturated heterocycles. The van der Waals surface area contributed by atoms with E-state index in [0.717, 1.165) is 19.6 Å². The number of hydrogen-bond donors (Lipinski definition) is 1. The first-order valence-corrected chi connectivity index (χ1v) is 7.96. The lowest BCUT2D eigenvalue weighted by Gasteiger charge is -2.52. The van der Waals surface area contributed by atoms with Gasteiger partial charge in [0.25, 0.3) is 0 Å². The smallest absolute Gasteiger partial charge is 0.0340 e. The third-order valence-corrected chi connectivity index (χ3v) is 4.40. The first-order valence-electron chi connectivity index (χ1n) is 7.96. The van der Waals surface area contributed by atoms with Crippen LogP contribution >= 0.6 is 0 Å². The van der Waals surface area contributed by atoms with Gasteiger partial charge in [0.15, 0.2) is 0 Å². The van der Waals surface area contributed by atoms with Crippen molar-refractivity contribution in [2.24, 2.45) is 17.6 Å². The number of likely N-dealkylation sites (N-methyl/N-ethyl adjacent to an activating group) is 1. The maximum absolute atomic E-state index is 6.28. The molecule has 1 aliphatic rings. The second kappa shape index (κ2) is 7.05. The minimum atomic E-state index is 0.197. The summed E-state index contributed by atoms with van der Waals surface area (Å²) in [6.45, 7) is 15.9. The number of hydrogen-bond acceptors (Lipinski definition) is 3. The Labute approximate surface area is 120 Å². The van der Waals surface area contributed by atoms with Crippen molar-refractivity contribution in [3.8, 4) is 0 Å². The zero-order chi connectivity index (χ0) is 14.6. The molecule has 0 aromatic rings. The predicted molar refractivity (Wildman–Crippen MR) is 84.4 cm³/mol. The average Bonchev–Trinajstić information content (AvgIpc) is 2.26. The molecule has 0 bridgehead atoms. The van der Waals surface area contributed by atoms with Crippen molar-refractivity contribution >= 4 is 0 Å². The highest BCUT2D eigenvalue weighted by atomic mass is 15.3. The van der Waals surface area contributed by atoms with Crippen LogP contribution in [0, 0.1) is 11.8 Å². The summed E-state index contributed by atoms with van der Waals surface area (Å²) in [7, 11) is 2.23. The summed E-state index contributed by atoms with van der Waals surface area (Å²) >= 11 is 0. The molecule has 1 atom stereocenters. The summed E-state index contributed by atoms with van der Waals surface area (Å²) < 4.78 is 0. The van der Waals surface area contributed by atoms with Crippen LogP contribution in [0.25, 0.3) is 0 Å². The Morgan fingerprint density at radius 1 is 1.11 bits per heavy atom. The Morgan fingerprint density at radius 2 is 1.63 bits per heavy atom. The molecular formula is C16H35N3. The fraction of sp³-hybridized carbons (Fsp3) is 1.00. The summed E-state index contributed by atoms with van der Waals surface area (Å²) in [5, 5.41) is 0. The predicted octanol–water partition coefficient (Wildman–Crippen LogP) is 2.41. The Bertz CT molecular complexity index is 253. The Kier molecular flexibility index (Phi) is 6.28. The summed E-state index contributed by atoms with van der Waals surface area (Å²) in [5.74, 6) is 1.41. The van der Waals surface area contributed by atoms with E-state index in [0.29, 0.717) is 17.9 Å². The molecule has 1 fully saturated rings. The Balaban J connectivity index is 2.93. The molecule has 0 aromatic carbocycles. The van der Waals surface area contributed by atoms with Crippen molar-refractivity contribution in [3.63, 3.8) is 0 Å². The number of nitrogens with two attached hydrogens (primary N) is 1. The van der Waals surface area contributed by atoms with Crippen LogP contribution in [0.15, 0.2) is 0 Å². The molecule has 0 spiro atoms. The highest BCUT2D eigenvalue weighted by molar-refractivity contribution is 4.97.